The van der Waals surface area contributed by atoms with Gasteiger partial charge in [0.05, 0.1) is 28.9 Å². The number of carboxylic acids is 1. The average Bonchev–Trinajstić information content (AvgIpc) is 3.40. The lowest BCUT2D eigenvalue weighted by molar-refractivity contribution is -0.118. The van der Waals surface area contributed by atoms with Crippen LogP contribution in [0.25, 0.3) is 0 Å². The molecular formula is C29H25ClN6O4S2. The van der Waals surface area contributed by atoms with Crippen molar-refractivity contribution >= 4 is 63.2 Å². The first-order valence-corrected chi connectivity index (χ1v) is 15.0. The molecule has 0 saturated carbocycles. The van der Waals surface area contributed by atoms with E-state index in [4.69, 9.17) is 22.4 Å². The van der Waals surface area contributed by atoms with Crippen LogP contribution in [0.1, 0.15) is 48.5 Å². The highest BCUT2D eigenvalue weighted by atomic mass is 35.5. The average molecular weight is 621 g/mol. The van der Waals surface area contributed by atoms with E-state index in [0.29, 0.717) is 44.3 Å². The van der Waals surface area contributed by atoms with E-state index >= 15 is 0 Å². The lowest BCUT2D eigenvalue weighted by Crippen LogP contribution is -2.42. The maximum atomic E-state index is 13.6. The van der Waals surface area contributed by atoms with Crippen LogP contribution in [0.3, 0.4) is 0 Å². The number of Topliss-reactive ketones (excluding diaryl/α,β-unsaturated/α-hetero) is 1. The fourth-order valence-corrected chi connectivity index (χ4v) is 6.89. The van der Waals surface area contributed by atoms with Gasteiger partial charge in [-0.1, -0.05) is 60.7 Å². The third-order valence-electron chi connectivity index (χ3n) is 6.91. The predicted molar refractivity (Wildman–Crippen MR) is 161 cm³/mol. The molecule has 1 atom stereocenters. The Balaban J connectivity index is 1.42. The summed E-state index contributed by atoms with van der Waals surface area (Å²) >= 11 is 8.48. The number of benzene rings is 2. The van der Waals surface area contributed by atoms with Crippen LogP contribution < -0.4 is 16.0 Å². The molecule has 214 valence electrons. The summed E-state index contributed by atoms with van der Waals surface area (Å²) < 4.78 is 0.496. The van der Waals surface area contributed by atoms with Gasteiger partial charge in [-0.2, -0.15) is 5.26 Å². The molecule has 2 aromatic carbocycles. The summed E-state index contributed by atoms with van der Waals surface area (Å²) in [7, 11) is 0. The molecule has 1 amide bonds. The van der Waals surface area contributed by atoms with Gasteiger partial charge in [-0.15, -0.1) is 10.2 Å². The zero-order valence-electron chi connectivity index (χ0n) is 22.6. The smallest absolute Gasteiger partial charge is 0.335 e. The zero-order valence-corrected chi connectivity index (χ0v) is 24.9. The number of carboxylic acid groups (broad SMARTS) is 1. The van der Waals surface area contributed by atoms with E-state index in [1.165, 1.54) is 47.4 Å². The number of carbonyl (C=O) groups is 3. The summed E-state index contributed by atoms with van der Waals surface area (Å²) in [6.45, 7) is 4.03. The van der Waals surface area contributed by atoms with Crippen LogP contribution in [-0.2, 0) is 9.59 Å². The number of hydrogen-bond acceptors (Lipinski definition) is 10. The number of nitrogens with one attached hydrogen (secondary N) is 1. The number of nitrogens with two attached hydrogens (primary N) is 1. The van der Waals surface area contributed by atoms with Crippen LogP contribution in [0.2, 0.25) is 5.02 Å². The SMILES string of the molecule is CC1(C)CC(=O)C2=C(C1)N(c1nnc(SCC(=O)Nc3ccc(C(=O)O)cc3)s1)C(N)=C(C#N)C2c1ccc(Cl)cc1. The molecule has 1 aromatic heterocycles. The first-order valence-electron chi connectivity index (χ1n) is 12.8. The third kappa shape index (κ3) is 5.90. The maximum absolute atomic E-state index is 13.6. The van der Waals surface area contributed by atoms with Crippen LogP contribution in [0.5, 0.6) is 0 Å². The number of amides is 1. The molecule has 13 heteroatoms. The van der Waals surface area contributed by atoms with E-state index in [1.54, 1.807) is 29.2 Å². The molecule has 0 bridgehead atoms. The Labute approximate surface area is 254 Å². The minimum Gasteiger partial charge on any atom is -0.478 e. The van der Waals surface area contributed by atoms with E-state index in [-0.39, 0.29) is 39.8 Å². The maximum Gasteiger partial charge on any atom is 0.335 e. The van der Waals surface area contributed by atoms with Gasteiger partial charge >= 0.3 is 5.97 Å². The summed E-state index contributed by atoms with van der Waals surface area (Å²) in [5.41, 5.74) is 9.09. The van der Waals surface area contributed by atoms with E-state index in [2.05, 4.69) is 21.6 Å². The van der Waals surface area contributed by atoms with Gasteiger partial charge in [-0.25, -0.2) is 4.79 Å². The van der Waals surface area contributed by atoms with Crippen molar-refractivity contribution in [3.8, 4) is 6.07 Å². The number of nitrogens with zero attached hydrogens (tertiary/aromatic N) is 4. The number of nitriles is 1. The van der Waals surface area contributed by atoms with Crippen molar-refractivity contribution in [2.45, 2.75) is 36.9 Å². The summed E-state index contributed by atoms with van der Waals surface area (Å²) in [6.07, 6.45) is 0.858. The number of hydrogen-bond donors (Lipinski definition) is 3. The highest BCUT2D eigenvalue weighted by Gasteiger charge is 2.45. The Morgan fingerprint density at radius 1 is 1.19 bits per heavy atom. The van der Waals surface area contributed by atoms with Gasteiger partial charge in [0.15, 0.2) is 10.1 Å². The number of rotatable bonds is 7. The Morgan fingerprint density at radius 3 is 2.52 bits per heavy atom. The van der Waals surface area contributed by atoms with Crippen molar-refractivity contribution < 1.29 is 19.5 Å². The minimum atomic E-state index is -1.05. The van der Waals surface area contributed by atoms with Crippen molar-refractivity contribution in [1.29, 1.82) is 5.26 Å². The number of halogens is 1. The van der Waals surface area contributed by atoms with E-state index in [9.17, 15) is 19.6 Å². The number of aromatic carboxylic acids is 1. The lowest BCUT2D eigenvalue weighted by Gasteiger charge is -2.42. The van der Waals surface area contributed by atoms with E-state index in [0.717, 1.165) is 5.56 Å². The second-order valence-corrected chi connectivity index (χ2v) is 13.2. The molecule has 1 unspecified atom stereocenters. The molecule has 1 aliphatic heterocycles. The van der Waals surface area contributed by atoms with Crippen LogP contribution in [0, 0.1) is 16.7 Å². The summed E-state index contributed by atoms with van der Waals surface area (Å²) in [5, 5.41) is 31.5. The molecule has 2 heterocycles. The third-order valence-corrected chi connectivity index (χ3v) is 9.21. The summed E-state index contributed by atoms with van der Waals surface area (Å²) in [4.78, 5) is 38.8. The molecule has 0 fully saturated rings. The molecular weight excluding hydrogens is 596 g/mol. The van der Waals surface area contributed by atoms with Crippen molar-refractivity contribution in [1.82, 2.24) is 10.2 Å². The van der Waals surface area contributed by atoms with Crippen LogP contribution in [0.15, 0.2) is 75.5 Å². The van der Waals surface area contributed by atoms with Gasteiger partial charge in [0, 0.05) is 28.4 Å². The fourth-order valence-electron chi connectivity index (χ4n) is 5.09. The monoisotopic (exact) mass is 620 g/mol. The normalized spacial score (nSPS) is 18.0. The fraction of sp³-hybridized carbons (Fsp3) is 0.241. The van der Waals surface area contributed by atoms with Gasteiger partial charge in [-0.3, -0.25) is 14.5 Å². The number of aromatic nitrogens is 2. The van der Waals surface area contributed by atoms with Crippen LogP contribution in [-0.4, -0.2) is 38.7 Å². The van der Waals surface area contributed by atoms with Crippen LogP contribution in [0.4, 0.5) is 10.8 Å². The van der Waals surface area contributed by atoms with Crippen molar-refractivity contribution in [3.05, 3.63) is 87.3 Å². The highest BCUT2D eigenvalue weighted by molar-refractivity contribution is 8.01. The molecule has 10 nitrogen and oxygen atoms in total. The Bertz CT molecular complexity index is 1690. The number of carbonyl (C=O) groups excluding carboxylic acids is 2. The second-order valence-electron chi connectivity index (χ2n) is 10.6. The Hall–Kier alpha value is -4.18. The summed E-state index contributed by atoms with van der Waals surface area (Å²) in [5.74, 6) is -1.83. The predicted octanol–water partition coefficient (Wildman–Crippen LogP) is 5.56. The van der Waals surface area contributed by atoms with Crippen molar-refractivity contribution in [2.24, 2.45) is 11.1 Å². The Kier molecular flexibility index (Phi) is 8.10. The molecule has 4 N–H and O–H groups in total. The Morgan fingerprint density at radius 2 is 1.88 bits per heavy atom. The number of ketones is 1. The molecule has 42 heavy (non-hydrogen) atoms. The molecule has 0 radical (unpaired) electrons. The quantitative estimate of drug-likeness (QED) is 0.285. The lowest BCUT2D eigenvalue weighted by atomic mass is 9.69. The van der Waals surface area contributed by atoms with Gasteiger partial charge < -0.3 is 16.2 Å². The highest BCUT2D eigenvalue weighted by Crippen LogP contribution is 2.50. The molecule has 5 rings (SSSR count). The standard InChI is InChI=1S/C29H25ClN6O4S2/c1-29(2)11-20-24(21(37)12-29)23(15-3-7-17(30)8-4-15)19(13-31)25(32)36(20)27-34-35-28(42-27)41-14-22(38)33-18-9-5-16(6-10-18)26(39)40/h3-10,23H,11-12,14,32H2,1-2H3,(H,33,38)(H,39,40). The second kappa shape index (κ2) is 11.6. The first kappa shape index (κ1) is 29.3. The topological polar surface area (TPSA) is 162 Å². The van der Waals surface area contributed by atoms with Gasteiger partial charge in [0.2, 0.25) is 11.0 Å². The number of allylic oxidation sites excluding steroid dienone is 3. The van der Waals surface area contributed by atoms with Crippen molar-refractivity contribution in [3.63, 3.8) is 0 Å². The van der Waals surface area contributed by atoms with E-state index in [1.807, 2.05) is 13.8 Å². The molecule has 0 saturated heterocycles. The molecule has 1 aliphatic carbocycles. The zero-order chi connectivity index (χ0) is 30.2. The van der Waals surface area contributed by atoms with Gasteiger partial charge in [0.1, 0.15) is 5.82 Å². The van der Waals surface area contributed by atoms with Crippen LogP contribution >= 0.6 is 34.7 Å². The largest absolute Gasteiger partial charge is 0.478 e. The van der Waals surface area contributed by atoms with Crippen molar-refractivity contribution in [2.75, 3.05) is 16.0 Å². The molecule has 2 aliphatic rings. The van der Waals surface area contributed by atoms with Gasteiger partial charge in [0.25, 0.3) is 0 Å². The van der Waals surface area contributed by atoms with E-state index < -0.39 is 11.9 Å². The molecule has 0 spiro atoms. The molecule has 3 aromatic rings. The summed E-state index contributed by atoms with van der Waals surface area (Å²) in [6, 6.07) is 15.1. The first-order chi connectivity index (χ1) is 20.0. The minimum absolute atomic E-state index is 0.0299. The van der Waals surface area contributed by atoms with Gasteiger partial charge in [-0.05, 0) is 53.8 Å². The number of anilines is 2. The number of thioether (sulfide) groups is 1.